The van der Waals surface area contributed by atoms with E-state index in [1.807, 2.05) is 0 Å². The lowest BCUT2D eigenvalue weighted by molar-refractivity contribution is -0.120. The van der Waals surface area contributed by atoms with Crippen molar-refractivity contribution in [3.63, 3.8) is 0 Å². The second-order valence-electron chi connectivity index (χ2n) is 8.27. The van der Waals surface area contributed by atoms with Crippen LogP contribution < -0.4 is 10.2 Å². The maximum atomic E-state index is 12.8. The van der Waals surface area contributed by atoms with Crippen molar-refractivity contribution in [3.8, 4) is 0 Å². The van der Waals surface area contributed by atoms with Crippen molar-refractivity contribution in [2.75, 3.05) is 30.4 Å². The fourth-order valence-electron chi connectivity index (χ4n) is 4.60. The van der Waals surface area contributed by atoms with Gasteiger partial charge in [-0.3, -0.25) is 4.79 Å². The molecule has 168 valence electrons. The standard InChI is InChI=1S/C22H26N6O3S/c1-31-22(30)18-15(8-12-32-18)25-21(29)14-6-10-27(11-7-14)19-17-20(24-13-23-19)28-9-4-2-3-5-16(28)26-17/h8,12-14H,2-7,9-11H2,1H3,(H,25,29). The van der Waals surface area contributed by atoms with E-state index in [1.165, 1.54) is 24.9 Å². The van der Waals surface area contributed by atoms with E-state index in [9.17, 15) is 9.59 Å². The molecule has 0 spiro atoms. The Morgan fingerprint density at radius 1 is 1.16 bits per heavy atom. The van der Waals surface area contributed by atoms with Crippen LogP contribution in [0.3, 0.4) is 0 Å². The minimum Gasteiger partial charge on any atom is -0.465 e. The number of amides is 1. The lowest BCUT2D eigenvalue weighted by Gasteiger charge is -2.32. The summed E-state index contributed by atoms with van der Waals surface area (Å²) in [6.07, 6.45) is 7.57. The highest BCUT2D eigenvalue weighted by molar-refractivity contribution is 7.12. The molecule has 0 radical (unpaired) electrons. The van der Waals surface area contributed by atoms with Crippen LogP contribution >= 0.6 is 11.3 Å². The predicted molar refractivity (Wildman–Crippen MR) is 122 cm³/mol. The van der Waals surface area contributed by atoms with Crippen LogP contribution in [-0.4, -0.2) is 51.6 Å². The molecule has 2 aliphatic heterocycles. The van der Waals surface area contributed by atoms with Gasteiger partial charge in [0.1, 0.15) is 17.0 Å². The van der Waals surface area contributed by atoms with Crippen molar-refractivity contribution in [2.45, 2.75) is 45.1 Å². The highest BCUT2D eigenvalue weighted by Gasteiger charge is 2.29. The van der Waals surface area contributed by atoms with Crippen LogP contribution in [0.15, 0.2) is 17.8 Å². The van der Waals surface area contributed by atoms with Gasteiger partial charge < -0.3 is 19.5 Å². The number of methoxy groups -OCH3 is 1. The minimum atomic E-state index is -0.434. The maximum Gasteiger partial charge on any atom is 0.350 e. The topological polar surface area (TPSA) is 102 Å². The van der Waals surface area contributed by atoms with E-state index in [1.54, 1.807) is 17.8 Å². The van der Waals surface area contributed by atoms with Crippen LogP contribution in [0.1, 0.15) is 47.6 Å². The number of imidazole rings is 1. The van der Waals surface area contributed by atoms with Gasteiger partial charge in [0.15, 0.2) is 17.0 Å². The first-order valence-electron chi connectivity index (χ1n) is 11.1. The van der Waals surface area contributed by atoms with E-state index in [0.717, 1.165) is 61.7 Å². The number of nitrogens with zero attached hydrogens (tertiary/aromatic N) is 5. The number of esters is 1. The summed E-state index contributed by atoms with van der Waals surface area (Å²) in [7, 11) is 1.34. The zero-order valence-corrected chi connectivity index (χ0v) is 18.9. The summed E-state index contributed by atoms with van der Waals surface area (Å²) in [5.41, 5.74) is 2.30. The van der Waals surface area contributed by atoms with Crippen LogP contribution in [0.4, 0.5) is 11.5 Å². The third-order valence-corrected chi connectivity index (χ3v) is 7.23. The maximum absolute atomic E-state index is 12.8. The van der Waals surface area contributed by atoms with Gasteiger partial charge >= 0.3 is 5.97 Å². The zero-order chi connectivity index (χ0) is 22.1. The summed E-state index contributed by atoms with van der Waals surface area (Å²) >= 11 is 1.26. The zero-order valence-electron chi connectivity index (χ0n) is 18.0. The fourth-order valence-corrected chi connectivity index (χ4v) is 5.37. The number of aryl methyl sites for hydroxylation is 2. The third-order valence-electron chi connectivity index (χ3n) is 6.33. The van der Waals surface area contributed by atoms with Crippen LogP contribution in [-0.2, 0) is 22.5 Å². The molecule has 32 heavy (non-hydrogen) atoms. The SMILES string of the molecule is COC(=O)c1sccc1NC(=O)C1CCN(c2ncnc3c2nc2n3CCCCC2)CC1. The van der Waals surface area contributed by atoms with Gasteiger partial charge in [-0.2, -0.15) is 0 Å². The van der Waals surface area contributed by atoms with E-state index in [-0.39, 0.29) is 11.8 Å². The number of nitrogens with one attached hydrogen (secondary N) is 1. The highest BCUT2D eigenvalue weighted by atomic mass is 32.1. The molecular formula is C22H26N6O3S. The highest BCUT2D eigenvalue weighted by Crippen LogP contribution is 2.30. The summed E-state index contributed by atoms with van der Waals surface area (Å²) in [6.45, 7) is 2.40. The number of hydrogen-bond acceptors (Lipinski definition) is 8. The van der Waals surface area contributed by atoms with E-state index in [4.69, 9.17) is 9.72 Å². The van der Waals surface area contributed by atoms with Crippen molar-refractivity contribution in [3.05, 3.63) is 28.5 Å². The number of aromatic nitrogens is 4. The molecule has 5 heterocycles. The molecule has 1 amide bonds. The summed E-state index contributed by atoms with van der Waals surface area (Å²) < 4.78 is 7.03. The molecule has 0 bridgehead atoms. The van der Waals surface area contributed by atoms with Gasteiger partial charge in [-0.25, -0.2) is 19.7 Å². The number of carbonyl (C=O) groups is 2. The molecule has 2 aliphatic rings. The van der Waals surface area contributed by atoms with E-state index in [2.05, 4.69) is 24.8 Å². The van der Waals surface area contributed by atoms with Crippen LogP contribution in [0.25, 0.3) is 11.2 Å². The van der Waals surface area contributed by atoms with Crippen LogP contribution in [0, 0.1) is 5.92 Å². The van der Waals surface area contributed by atoms with Crippen molar-refractivity contribution in [2.24, 2.45) is 5.92 Å². The number of hydrogen-bond donors (Lipinski definition) is 1. The van der Waals surface area contributed by atoms with Crippen molar-refractivity contribution in [1.29, 1.82) is 0 Å². The monoisotopic (exact) mass is 454 g/mol. The molecule has 3 aromatic rings. The number of thiophene rings is 1. The number of rotatable bonds is 4. The van der Waals surface area contributed by atoms with Crippen LogP contribution in [0.2, 0.25) is 0 Å². The number of piperidine rings is 1. The average Bonchev–Trinajstić information content (AvgIpc) is 3.35. The van der Waals surface area contributed by atoms with Gasteiger partial charge in [-0.05, 0) is 37.1 Å². The van der Waals surface area contributed by atoms with E-state index < -0.39 is 5.97 Å². The molecule has 0 saturated carbocycles. The molecular weight excluding hydrogens is 428 g/mol. The molecule has 10 heteroatoms. The molecule has 9 nitrogen and oxygen atoms in total. The quantitative estimate of drug-likeness (QED) is 0.604. The third kappa shape index (κ3) is 3.83. The Bertz CT molecular complexity index is 1150. The molecule has 1 N–H and O–H groups in total. The number of fused-ring (bicyclic) bond motifs is 3. The molecule has 0 aromatic carbocycles. The first-order valence-corrected chi connectivity index (χ1v) is 12.0. The summed E-state index contributed by atoms with van der Waals surface area (Å²) in [6, 6.07) is 1.74. The molecule has 1 fully saturated rings. The first-order chi connectivity index (χ1) is 15.7. The van der Waals surface area contributed by atoms with Crippen LogP contribution in [0.5, 0.6) is 0 Å². The van der Waals surface area contributed by atoms with E-state index in [0.29, 0.717) is 23.4 Å². The molecule has 0 aliphatic carbocycles. The van der Waals surface area contributed by atoms with E-state index >= 15 is 0 Å². The van der Waals surface area contributed by atoms with Crippen molar-refractivity contribution in [1.82, 2.24) is 19.5 Å². The Kier molecular flexibility index (Phi) is 5.77. The second-order valence-corrected chi connectivity index (χ2v) is 9.18. The fraction of sp³-hybridized carbons (Fsp3) is 0.500. The molecule has 1 saturated heterocycles. The van der Waals surface area contributed by atoms with Crippen molar-refractivity contribution >= 4 is 45.9 Å². The largest absolute Gasteiger partial charge is 0.465 e. The number of ether oxygens (including phenoxy) is 1. The smallest absolute Gasteiger partial charge is 0.350 e. The number of anilines is 2. The second kappa shape index (κ2) is 8.85. The molecule has 5 rings (SSSR count). The van der Waals surface area contributed by atoms with Gasteiger partial charge in [0.05, 0.1) is 12.8 Å². The normalized spacial score (nSPS) is 17.1. The van der Waals surface area contributed by atoms with Gasteiger partial charge in [0.25, 0.3) is 0 Å². The predicted octanol–water partition coefficient (Wildman–Crippen LogP) is 3.26. The summed E-state index contributed by atoms with van der Waals surface area (Å²) in [5, 5.41) is 4.68. The lowest BCUT2D eigenvalue weighted by Crippen LogP contribution is -2.38. The van der Waals surface area contributed by atoms with Gasteiger partial charge in [0.2, 0.25) is 5.91 Å². The lowest BCUT2D eigenvalue weighted by atomic mass is 9.95. The number of carbonyl (C=O) groups excluding carboxylic acids is 2. The van der Waals surface area contributed by atoms with Crippen molar-refractivity contribution < 1.29 is 14.3 Å². The summed E-state index contributed by atoms with van der Waals surface area (Å²) in [5.74, 6) is 1.35. The Balaban J connectivity index is 1.28. The Morgan fingerprint density at radius 3 is 2.81 bits per heavy atom. The van der Waals surface area contributed by atoms with Gasteiger partial charge in [-0.15, -0.1) is 11.3 Å². The Labute approximate surface area is 189 Å². The molecule has 0 unspecified atom stereocenters. The van der Waals surface area contributed by atoms with Gasteiger partial charge in [-0.1, -0.05) is 6.42 Å². The Hall–Kier alpha value is -3.01. The molecule has 3 aromatic heterocycles. The first kappa shape index (κ1) is 20.9. The molecule has 0 atom stereocenters. The Morgan fingerprint density at radius 2 is 2.00 bits per heavy atom. The minimum absolute atomic E-state index is 0.0604. The average molecular weight is 455 g/mol. The summed E-state index contributed by atoms with van der Waals surface area (Å²) in [4.78, 5) is 41.3. The van der Waals surface area contributed by atoms with Gasteiger partial charge in [0, 0.05) is 32.0 Å².